The molecule has 0 unspecified atom stereocenters. The van der Waals surface area contributed by atoms with Crippen LogP contribution in [0.1, 0.15) is 31.2 Å². The van der Waals surface area contributed by atoms with Crippen LogP contribution in [0.4, 0.5) is 16.4 Å². The van der Waals surface area contributed by atoms with E-state index in [1.165, 1.54) is 4.90 Å². The Bertz CT molecular complexity index is 487. The van der Waals surface area contributed by atoms with Gasteiger partial charge in [-0.05, 0) is 6.92 Å². The zero-order valence-corrected chi connectivity index (χ0v) is 13.7. The van der Waals surface area contributed by atoms with E-state index >= 15 is 0 Å². The summed E-state index contributed by atoms with van der Waals surface area (Å²) in [6.45, 7) is 7.23. The third-order valence-corrected chi connectivity index (χ3v) is 3.02. The second-order valence-corrected chi connectivity index (χ2v) is 5.36. The number of nitrogens with zero attached hydrogens (tertiary/aromatic N) is 3. The van der Waals surface area contributed by atoms with Gasteiger partial charge in [0.1, 0.15) is 17.5 Å². The smallest absolute Gasteiger partial charge is 0.316 e. The van der Waals surface area contributed by atoms with Crippen molar-refractivity contribution in [1.82, 2.24) is 20.2 Å². The topological polar surface area (TPSA) is 82.2 Å². The van der Waals surface area contributed by atoms with Crippen molar-refractivity contribution in [2.75, 3.05) is 44.9 Å². The molecule has 0 aromatic carbocycles. The number of carbonyl (C=O) groups is 1. The average molecular weight is 294 g/mol. The summed E-state index contributed by atoms with van der Waals surface area (Å²) in [7, 11) is 5.28. The first kappa shape index (κ1) is 17.0. The molecule has 0 saturated heterocycles. The molecule has 7 heteroatoms. The van der Waals surface area contributed by atoms with E-state index in [0.29, 0.717) is 13.1 Å². The fourth-order valence-corrected chi connectivity index (χ4v) is 1.72. The van der Waals surface area contributed by atoms with Gasteiger partial charge in [0.25, 0.3) is 0 Å². The lowest BCUT2D eigenvalue weighted by atomic mass is 10.2. The van der Waals surface area contributed by atoms with Gasteiger partial charge >= 0.3 is 6.03 Å². The average Bonchev–Trinajstić information content (AvgIpc) is 2.44. The first-order chi connectivity index (χ1) is 9.86. The monoisotopic (exact) mass is 294 g/mol. The largest absolute Gasteiger partial charge is 0.373 e. The van der Waals surface area contributed by atoms with E-state index < -0.39 is 0 Å². The third kappa shape index (κ3) is 4.77. The van der Waals surface area contributed by atoms with E-state index in [2.05, 4.69) is 39.8 Å². The Hall–Kier alpha value is -2.05. The number of aromatic nitrogens is 2. The van der Waals surface area contributed by atoms with E-state index in [-0.39, 0.29) is 11.9 Å². The van der Waals surface area contributed by atoms with Crippen LogP contribution in [-0.2, 0) is 0 Å². The Morgan fingerprint density at radius 2 is 1.81 bits per heavy atom. The predicted molar refractivity (Wildman–Crippen MR) is 86.0 cm³/mol. The molecule has 1 aromatic rings. The molecular weight excluding hydrogens is 268 g/mol. The third-order valence-electron chi connectivity index (χ3n) is 3.02. The molecule has 0 saturated carbocycles. The van der Waals surface area contributed by atoms with Crippen LogP contribution >= 0.6 is 0 Å². The van der Waals surface area contributed by atoms with E-state index in [0.717, 1.165) is 23.0 Å². The van der Waals surface area contributed by atoms with Gasteiger partial charge in [-0.15, -0.1) is 0 Å². The number of anilines is 2. The molecule has 0 spiro atoms. The molecule has 2 amide bonds. The molecule has 0 aliphatic rings. The SMILES string of the molecule is CNc1nc(C(C)C)nc(NCCNC(=O)N(C)C)c1C. The second-order valence-electron chi connectivity index (χ2n) is 5.36. The Morgan fingerprint density at radius 1 is 1.19 bits per heavy atom. The zero-order chi connectivity index (χ0) is 16.0. The highest BCUT2D eigenvalue weighted by Crippen LogP contribution is 2.22. The Balaban J connectivity index is 2.70. The van der Waals surface area contributed by atoms with Crippen LogP contribution in [0.5, 0.6) is 0 Å². The Labute approximate surface area is 126 Å². The maximum Gasteiger partial charge on any atom is 0.316 e. The molecule has 21 heavy (non-hydrogen) atoms. The van der Waals surface area contributed by atoms with Crippen LogP contribution in [0.3, 0.4) is 0 Å². The standard InChI is InChI=1S/C14H26N6O/c1-9(2)11-18-12(15-4)10(3)13(19-11)16-7-8-17-14(21)20(5)6/h9H,7-8H2,1-6H3,(H,17,21)(H2,15,16,18,19). The number of nitrogens with one attached hydrogen (secondary N) is 3. The summed E-state index contributed by atoms with van der Waals surface area (Å²) in [5.41, 5.74) is 0.973. The fraction of sp³-hybridized carbons (Fsp3) is 0.643. The van der Waals surface area contributed by atoms with Gasteiger partial charge in [0, 0.05) is 45.7 Å². The van der Waals surface area contributed by atoms with Gasteiger partial charge in [-0.2, -0.15) is 0 Å². The molecule has 1 rings (SSSR count). The van der Waals surface area contributed by atoms with Crippen LogP contribution in [0, 0.1) is 6.92 Å². The van der Waals surface area contributed by atoms with E-state index in [1.807, 2.05) is 14.0 Å². The lowest BCUT2D eigenvalue weighted by Gasteiger charge is -2.16. The first-order valence-electron chi connectivity index (χ1n) is 7.12. The summed E-state index contributed by atoms with van der Waals surface area (Å²) >= 11 is 0. The first-order valence-corrected chi connectivity index (χ1v) is 7.12. The molecule has 0 atom stereocenters. The van der Waals surface area contributed by atoms with E-state index in [1.54, 1.807) is 14.1 Å². The number of rotatable bonds is 6. The molecular formula is C14H26N6O. The van der Waals surface area contributed by atoms with Crippen molar-refractivity contribution in [2.45, 2.75) is 26.7 Å². The molecule has 0 fully saturated rings. The predicted octanol–water partition coefficient (Wildman–Crippen LogP) is 1.63. The van der Waals surface area contributed by atoms with Crippen LogP contribution in [-0.4, -0.2) is 55.1 Å². The van der Waals surface area contributed by atoms with E-state index in [4.69, 9.17) is 0 Å². The maximum absolute atomic E-state index is 11.4. The van der Waals surface area contributed by atoms with Gasteiger partial charge in [0.15, 0.2) is 0 Å². The van der Waals surface area contributed by atoms with Gasteiger partial charge in [-0.25, -0.2) is 14.8 Å². The van der Waals surface area contributed by atoms with Gasteiger partial charge in [-0.1, -0.05) is 13.8 Å². The van der Waals surface area contributed by atoms with Gasteiger partial charge < -0.3 is 20.9 Å². The lowest BCUT2D eigenvalue weighted by Crippen LogP contribution is -2.37. The maximum atomic E-state index is 11.4. The van der Waals surface area contributed by atoms with Gasteiger partial charge in [0.05, 0.1) is 0 Å². The Kier molecular flexibility index (Phi) is 6.20. The number of hydrogen-bond acceptors (Lipinski definition) is 5. The molecule has 3 N–H and O–H groups in total. The summed E-state index contributed by atoms with van der Waals surface area (Å²) in [5.74, 6) is 2.68. The van der Waals surface area contributed by atoms with Crippen molar-refractivity contribution in [3.8, 4) is 0 Å². The molecule has 7 nitrogen and oxygen atoms in total. The molecule has 1 heterocycles. The van der Waals surface area contributed by atoms with Gasteiger partial charge in [0.2, 0.25) is 0 Å². The quantitative estimate of drug-likeness (QED) is 0.695. The highest BCUT2D eigenvalue weighted by Gasteiger charge is 2.12. The van der Waals surface area contributed by atoms with Crippen molar-refractivity contribution in [3.63, 3.8) is 0 Å². The normalized spacial score (nSPS) is 10.4. The van der Waals surface area contributed by atoms with Gasteiger partial charge in [-0.3, -0.25) is 0 Å². The highest BCUT2D eigenvalue weighted by atomic mass is 16.2. The summed E-state index contributed by atoms with van der Waals surface area (Å²) in [5, 5.41) is 9.14. The Morgan fingerprint density at radius 3 is 2.33 bits per heavy atom. The van der Waals surface area contributed by atoms with Crippen molar-refractivity contribution in [1.29, 1.82) is 0 Å². The zero-order valence-electron chi connectivity index (χ0n) is 13.7. The summed E-state index contributed by atoms with van der Waals surface area (Å²) in [4.78, 5) is 22.0. The minimum atomic E-state index is -0.102. The van der Waals surface area contributed by atoms with Crippen molar-refractivity contribution < 1.29 is 4.79 Å². The molecule has 0 aliphatic heterocycles. The molecule has 0 radical (unpaired) electrons. The number of amides is 2. The highest BCUT2D eigenvalue weighted by molar-refractivity contribution is 5.73. The van der Waals surface area contributed by atoms with Crippen molar-refractivity contribution in [3.05, 3.63) is 11.4 Å². The van der Waals surface area contributed by atoms with Crippen molar-refractivity contribution >= 4 is 17.7 Å². The number of urea groups is 1. The minimum absolute atomic E-state index is 0.102. The summed E-state index contributed by atoms with van der Waals surface area (Å²) in [6, 6.07) is -0.102. The van der Waals surface area contributed by atoms with Crippen LogP contribution < -0.4 is 16.0 Å². The number of hydrogen-bond donors (Lipinski definition) is 3. The second kappa shape index (κ2) is 7.66. The molecule has 118 valence electrons. The lowest BCUT2D eigenvalue weighted by molar-refractivity contribution is 0.218. The fourth-order valence-electron chi connectivity index (χ4n) is 1.72. The summed E-state index contributed by atoms with van der Waals surface area (Å²) in [6.07, 6.45) is 0. The molecule has 0 aliphatic carbocycles. The van der Waals surface area contributed by atoms with Crippen molar-refractivity contribution in [2.24, 2.45) is 0 Å². The van der Waals surface area contributed by atoms with E-state index in [9.17, 15) is 4.79 Å². The molecule has 1 aromatic heterocycles. The van der Waals surface area contributed by atoms with Crippen LogP contribution in [0.25, 0.3) is 0 Å². The minimum Gasteiger partial charge on any atom is -0.373 e. The summed E-state index contributed by atoms with van der Waals surface area (Å²) < 4.78 is 0. The molecule has 0 bridgehead atoms. The van der Waals surface area contributed by atoms with Crippen LogP contribution in [0.2, 0.25) is 0 Å². The number of carbonyl (C=O) groups excluding carboxylic acids is 1. The van der Waals surface area contributed by atoms with Crippen LogP contribution in [0.15, 0.2) is 0 Å².